The highest BCUT2D eigenvalue weighted by atomic mass is 32.1. The molecule has 23 heavy (non-hydrogen) atoms. The van der Waals surface area contributed by atoms with Gasteiger partial charge in [0.25, 0.3) is 5.91 Å². The molecule has 0 aliphatic heterocycles. The predicted molar refractivity (Wildman–Crippen MR) is 90.0 cm³/mol. The number of anilines is 1. The molecule has 6 nitrogen and oxygen atoms in total. The van der Waals surface area contributed by atoms with Crippen LogP contribution in [0.15, 0.2) is 24.3 Å². The summed E-state index contributed by atoms with van der Waals surface area (Å²) in [5.74, 6) is -0.804. The Balaban J connectivity index is 1.99. The van der Waals surface area contributed by atoms with Crippen LogP contribution in [0.1, 0.15) is 28.9 Å². The number of nitrogens with zero attached hydrogens (tertiary/aromatic N) is 2. The maximum atomic E-state index is 12.9. The smallest absolute Gasteiger partial charge is 0.274 e. The molecule has 3 rings (SSSR count). The lowest BCUT2D eigenvalue weighted by atomic mass is 10.1. The van der Waals surface area contributed by atoms with E-state index in [9.17, 15) is 9.59 Å². The molecule has 0 unspecified atom stereocenters. The van der Waals surface area contributed by atoms with Gasteiger partial charge in [-0.1, -0.05) is 41.2 Å². The van der Waals surface area contributed by atoms with Crippen molar-refractivity contribution < 1.29 is 9.59 Å². The summed E-state index contributed by atoms with van der Waals surface area (Å²) in [4.78, 5) is 30.6. The van der Waals surface area contributed by atoms with Crippen molar-refractivity contribution in [1.82, 2.24) is 9.88 Å². The van der Waals surface area contributed by atoms with Crippen molar-refractivity contribution in [3.63, 3.8) is 0 Å². The lowest BCUT2D eigenvalue weighted by Gasteiger charge is -2.20. The Bertz CT molecular complexity index is 767. The van der Waals surface area contributed by atoms with E-state index in [-0.39, 0.29) is 18.5 Å². The number of thiazole rings is 1. The van der Waals surface area contributed by atoms with Gasteiger partial charge in [-0.05, 0) is 25.3 Å². The van der Waals surface area contributed by atoms with Gasteiger partial charge in [0, 0.05) is 6.04 Å². The van der Waals surface area contributed by atoms with Gasteiger partial charge in [-0.15, -0.1) is 0 Å². The summed E-state index contributed by atoms with van der Waals surface area (Å²) in [6, 6.07) is 7.89. The molecule has 1 aliphatic carbocycles. The first-order valence-electron chi connectivity index (χ1n) is 7.38. The molecule has 0 radical (unpaired) electrons. The molecule has 1 aromatic heterocycles. The summed E-state index contributed by atoms with van der Waals surface area (Å²) >= 11 is 1.28. The minimum Gasteiger partial charge on any atom is -0.375 e. The van der Waals surface area contributed by atoms with Gasteiger partial charge in [0.2, 0.25) is 5.91 Å². The zero-order chi connectivity index (χ0) is 16.6. The average molecular weight is 330 g/mol. The highest BCUT2D eigenvalue weighted by Crippen LogP contribution is 2.35. The van der Waals surface area contributed by atoms with E-state index in [1.807, 2.05) is 31.2 Å². The largest absolute Gasteiger partial charge is 0.375 e. The summed E-state index contributed by atoms with van der Waals surface area (Å²) in [6.07, 6.45) is 1.77. The van der Waals surface area contributed by atoms with Crippen LogP contribution < -0.4 is 11.5 Å². The Hall–Kier alpha value is -2.41. The fourth-order valence-corrected chi connectivity index (χ4v) is 3.34. The number of aromatic nitrogens is 1. The Morgan fingerprint density at radius 2 is 2.13 bits per heavy atom. The monoisotopic (exact) mass is 330 g/mol. The van der Waals surface area contributed by atoms with Crippen molar-refractivity contribution in [3.05, 3.63) is 35.5 Å². The lowest BCUT2D eigenvalue weighted by Crippen LogP contribution is -2.40. The highest BCUT2D eigenvalue weighted by Gasteiger charge is 2.36. The third-order valence-corrected chi connectivity index (χ3v) is 4.63. The summed E-state index contributed by atoms with van der Waals surface area (Å²) < 4.78 is 0. The first-order chi connectivity index (χ1) is 11.0. The van der Waals surface area contributed by atoms with E-state index >= 15 is 0 Å². The molecule has 0 saturated heterocycles. The summed E-state index contributed by atoms with van der Waals surface area (Å²) in [7, 11) is 0. The second-order valence-corrected chi connectivity index (χ2v) is 6.76. The van der Waals surface area contributed by atoms with Gasteiger partial charge in [-0.3, -0.25) is 9.59 Å². The SMILES string of the molecule is Cc1cccc(-c2sc(N)nc2C(=O)N(CC(N)=O)C2CC2)c1. The number of primary amides is 1. The van der Waals surface area contributed by atoms with E-state index in [1.165, 1.54) is 16.2 Å². The van der Waals surface area contributed by atoms with Crippen LogP contribution in [0.4, 0.5) is 5.13 Å². The molecule has 0 spiro atoms. The number of carbonyl (C=O) groups is 2. The summed E-state index contributed by atoms with van der Waals surface area (Å²) in [6.45, 7) is 1.90. The van der Waals surface area contributed by atoms with Crippen molar-refractivity contribution in [2.45, 2.75) is 25.8 Å². The first-order valence-corrected chi connectivity index (χ1v) is 8.20. The van der Waals surface area contributed by atoms with Crippen LogP contribution in [0.2, 0.25) is 0 Å². The van der Waals surface area contributed by atoms with Gasteiger partial charge < -0.3 is 16.4 Å². The van der Waals surface area contributed by atoms with Gasteiger partial charge >= 0.3 is 0 Å². The number of amides is 2. The van der Waals surface area contributed by atoms with E-state index in [4.69, 9.17) is 11.5 Å². The van der Waals surface area contributed by atoms with Crippen molar-refractivity contribution in [1.29, 1.82) is 0 Å². The zero-order valence-corrected chi connectivity index (χ0v) is 13.6. The maximum absolute atomic E-state index is 12.9. The number of benzene rings is 1. The molecule has 2 amide bonds. The molecule has 4 N–H and O–H groups in total. The molecule has 1 fully saturated rings. The molecule has 1 aliphatic rings. The Kier molecular flexibility index (Phi) is 4.04. The molecular formula is C16H18N4O2S. The standard InChI is InChI=1S/C16H18N4O2S/c1-9-3-2-4-10(7-9)14-13(19-16(18)23-14)15(22)20(8-12(17)21)11-5-6-11/h2-4,7,11H,5-6,8H2,1H3,(H2,17,21)(H2,18,19). The minimum atomic E-state index is -0.523. The number of carbonyl (C=O) groups excluding carboxylic acids is 2. The molecule has 0 bridgehead atoms. The van der Waals surface area contributed by atoms with Crippen molar-refractivity contribution in [3.8, 4) is 10.4 Å². The first kappa shape index (κ1) is 15.5. The van der Waals surface area contributed by atoms with Gasteiger partial charge in [-0.2, -0.15) is 0 Å². The van der Waals surface area contributed by atoms with E-state index in [0.29, 0.717) is 10.8 Å². The van der Waals surface area contributed by atoms with E-state index < -0.39 is 5.91 Å². The number of hydrogen-bond acceptors (Lipinski definition) is 5. The third-order valence-electron chi connectivity index (χ3n) is 3.70. The fourth-order valence-electron chi connectivity index (χ4n) is 2.52. The molecule has 0 atom stereocenters. The van der Waals surface area contributed by atoms with Crippen LogP contribution in [0, 0.1) is 6.92 Å². The van der Waals surface area contributed by atoms with Crippen LogP contribution in [0.25, 0.3) is 10.4 Å². The van der Waals surface area contributed by atoms with E-state index in [0.717, 1.165) is 28.8 Å². The number of aryl methyl sites for hydroxylation is 1. The van der Waals surface area contributed by atoms with Crippen molar-refractivity contribution >= 4 is 28.3 Å². The Labute approximate surface area is 138 Å². The molecule has 1 saturated carbocycles. The number of nitrogen functional groups attached to an aromatic ring is 1. The maximum Gasteiger partial charge on any atom is 0.274 e. The van der Waals surface area contributed by atoms with Crippen LogP contribution in [-0.4, -0.2) is 34.3 Å². The predicted octanol–water partition coefficient (Wildman–Crippen LogP) is 1.79. The molecule has 7 heteroatoms. The summed E-state index contributed by atoms with van der Waals surface area (Å²) in [5.41, 5.74) is 13.4. The Morgan fingerprint density at radius 3 is 2.74 bits per heavy atom. The fraction of sp³-hybridized carbons (Fsp3) is 0.312. The third kappa shape index (κ3) is 3.34. The summed E-state index contributed by atoms with van der Waals surface area (Å²) in [5, 5.41) is 0.333. The van der Waals surface area contributed by atoms with Gasteiger partial charge in [0.15, 0.2) is 5.13 Å². The number of nitrogens with two attached hydrogens (primary N) is 2. The molecular weight excluding hydrogens is 312 g/mol. The van der Waals surface area contributed by atoms with Crippen LogP contribution in [0.3, 0.4) is 0 Å². The highest BCUT2D eigenvalue weighted by molar-refractivity contribution is 7.19. The van der Waals surface area contributed by atoms with E-state index in [2.05, 4.69) is 4.98 Å². The Morgan fingerprint density at radius 1 is 1.39 bits per heavy atom. The van der Waals surface area contributed by atoms with Crippen molar-refractivity contribution in [2.24, 2.45) is 5.73 Å². The zero-order valence-electron chi connectivity index (χ0n) is 12.8. The minimum absolute atomic E-state index is 0.0725. The van der Waals surface area contributed by atoms with E-state index in [1.54, 1.807) is 0 Å². The number of rotatable bonds is 5. The topological polar surface area (TPSA) is 102 Å². The number of hydrogen-bond donors (Lipinski definition) is 2. The average Bonchev–Trinajstić information content (AvgIpc) is 3.26. The second kappa shape index (κ2) is 6.00. The van der Waals surface area contributed by atoms with Gasteiger partial charge in [0.1, 0.15) is 5.69 Å². The van der Waals surface area contributed by atoms with Gasteiger partial charge in [-0.25, -0.2) is 4.98 Å². The second-order valence-electron chi connectivity index (χ2n) is 5.73. The molecule has 1 aromatic carbocycles. The molecule has 1 heterocycles. The van der Waals surface area contributed by atoms with Crippen LogP contribution in [0.5, 0.6) is 0 Å². The van der Waals surface area contributed by atoms with Gasteiger partial charge in [0.05, 0.1) is 11.4 Å². The molecule has 2 aromatic rings. The molecule has 120 valence electrons. The van der Waals surface area contributed by atoms with Crippen molar-refractivity contribution in [2.75, 3.05) is 12.3 Å². The lowest BCUT2D eigenvalue weighted by molar-refractivity contribution is -0.118. The normalized spacial score (nSPS) is 13.8. The quantitative estimate of drug-likeness (QED) is 0.872. The van der Waals surface area contributed by atoms with Crippen LogP contribution in [-0.2, 0) is 4.79 Å². The van der Waals surface area contributed by atoms with Crippen LogP contribution >= 0.6 is 11.3 Å².